The Labute approximate surface area is 152 Å². The second kappa shape index (κ2) is 7.17. The molecular weight excluding hydrogens is 328 g/mol. The number of para-hydroxylation sites is 1. The smallest absolute Gasteiger partial charge is 0.272 e. The summed E-state index contributed by atoms with van der Waals surface area (Å²) in [7, 11) is 1.95. The highest BCUT2D eigenvalue weighted by Gasteiger charge is 2.29. The minimum atomic E-state index is 0.0118. The maximum atomic E-state index is 13.2. The first-order valence-electron chi connectivity index (χ1n) is 8.89. The highest BCUT2D eigenvalue weighted by atomic mass is 16.3. The number of likely N-dealkylation sites (tertiary alicyclic amines) is 1. The summed E-state index contributed by atoms with van der Waals surface area (Å²) in [5, 5.41) is 7.83. The molecule has 1 atom stereocenters. The summed E-state index contributed by atoms with van der Waals surface area (Å²) >= 11 is 0. The third kappa shape index (κ3) is 3.15. The molecule has 0 aliphatic carbocycles. The lowest BCUT2D eigenvalue weighted by atomic mass is 10.1. The van der Waals surface area contributed by atoms with Gasteiger partial charge in [0, 0.05) is 19.2 Å². The highest BCUT2D eigenvalue weighted by Crippen LogP contribution is 2.25. The predicted molar refractivity (Wildman–Crippen MR) is 99.2 cm³/mol. The van der Waals surface area contributed by atoms with Crippen LogP contribution >= 0.6 is 0 Å². The van der Waals surface area contributed by atoms with E-state index in [2.05, 4.69) is 10.4 Å². The van der Waals surface area contributed by atoms with Crippen molar-refractivity contribution in [1.82, 2.24) is 20.0 Å². The number of hydrogen-bond acceptors (Lipinski definition) is 4. The van der Waals surface area contributed by atoms with Crippen molar-refractivity contribution in [2.45, 2.75) is 6.42 Å². The summed E-state index contributed by atoms with van der Waals surface area (Å²) in [6.45, 7) is 2.48. The number of rotatable bonds is 5. The molecule has 1 aromatic carbocycles. The van der Waals surface area contributed by atoms with Gasteiger partial charge >= 0.3 is 0 Å². The fourth-order valence-corrected chi connectivity index (χ4v) is 3.48. The number of aromatic nitrogens is 2. The molecule has 1 aliphatic rings. The Morgan fingerprint density at radius 2 is 2.12 bits per heavy atom. The van der Waals surface area contributed by atoms with Crippen LogP contribution in [-0.2, 0) is 0 Å². The second-order valence-corrected chi connectivity index (χ2v) is 6.60. The molecule has 134 valence electrons. The molecule has 1 unspecified atom stereocenters. The van der Waals surface area contributed by atoms with Crippen LogP contribution in [0, 0.1) is 5.92 Å². The van der Waals surface area contributed by atoms with E-state index < -0.39 is 0 Å². The molecule has 1 aliphatic heterocycles. The first-order chi connectivity index (χ1) is 12.8. The largest absolute Gasteiger partial charge is 0.463 e. The molecule has 0 saturated carbocycles. The van der Waals surface area contributed by atoms with Crippen molar-refractivity contribution in [2.24, 2.45) is 5.92 Å². The minimum absolute atomic E-state index is 0.0118. The Morgan fingerprint density at radius 3 is 2.85 bits per heavy atom. The van der Waals surface area contributed by atoms with E-state index >= 15 is 0 Å². The van der Waals surface area contributed by atoms with Crippen LogP contribution in [-0.4, -0.2) is 47.3 Å². The van der Waals surface area contributed by atoms with Gasteiger partial charge in [0.25, 0.3) is 5.91 Å². The van der Waals surface area contributed by atoms with Gasteiger partial charge in [-0.15, -0.1) is 0 Å². The fraction of sp³-hybridized carbons (Fsp3) is 0.300. The van der Waals surface area contributed by atoms with E-state index in [1.165, 1.54) is 0 Å². The zero-order valence-electron chi connectivity index (χ0n) is 14.8. The van der Waals surface area contributed by atoms with Crippen LogP contribution in [0.2, 0.25) is 0 Å². The van der Waals surface area contributed by atoms with E-state index in [0.717, 1.165) is 31.7 Å². The first kappa shape index (κ1) is 16.6. The van der Waals surface area contributed by atoms with E-state index in [1.54, 1.807) is 10.9 Å². The van der Waals surface area contributed by atoms with Crippen molar-refractivity contribution in [2.75, 3.05) is 26.7 Å². The Bertz CT molecular complexity index is 871. The molecule has 0 radical (unpaired) electrons. The number of nitrogens with one attached hydrogen (secondary N) is 1. The Balaban J connectivity index is 1.69. The van der Waals surface area contributed by atoms with Crippen molar-refractivity contribution >= 4 is 5.91 Å². The summed E-state index contributed by atoms with van der Waals surface area (Å²) in [6, 6.07) is 15.2. The number of carbonyl (C=O) groups excluding carboxylic acids is 1. The van der Waals surface area contributed by atoms with Gasteiger partial charge in [0.2, 0.25) is 0 Å². The Kier molecular flexibility index (Phi) is 4.58. The van der Waals surface area contributed by atoms with E-state index in [1.807, 2.05) is 60.5 Å². The van der Waals surface area contributed by atoms with E-state index in [4.69, 9.17) is 4.42 Å². The van der Waals surface area contributed by atoms with Crippen LogP contribution in [0.25, 0.3) is 17.1 Å². The van der Waals surface area contributed by atoms with E-state index in [-0.39, 0.29) is 5.91 Å². The summed E-state index contributed by atoms with van der Waals surface area (Å²) < 4.78 is 7.18. The SMILES string of the molecule is CNCC1CCN(C(=O)c2cc(-c3ccco3)nn2-c2ccccc2)C1. The molecule has 1 saturated heterocycles. The Hall–Kier alpha value is -2.86. The van der Waals surface area contributed by atoms with Gasteiger partial charge in [0.05, 0.1) is 12.0 Å². The van der Waals surface area contributed by atoms with Gasteiger partial charge in [-0.2, -0.15) is 5.10 Å². The van der Waals surface area contributed by atoms with Crippen LogP contribution < -0.4 is 5.32 Å². The highest BCUT2D eigenvalue weighted by molar-refractivity contribution is 5.94. The minimum Gasteiger partial charge on any atom is -0.463 e. The predicted octanol–water partition coefficient (Wildman–Crippen LogP) is 2.81. The molecule has 1 fully saturated rings. The van der Waals surface area contributed by atoms with E-state index in [0.29, 0.717) is 23.1 Å². The zero-order chi connectivity index (χ0) is 17.9. The van der Waals surface area contributed by atoms with Crippen molar-refractivity contribution in [3.63, 3.8) is 0 Å². The fourth-order valence-electron chi connectivity index (χ4n) is 3.48. The topological polar surface area (TPSA) is 63.3 Å². The van der Waals surface area contributed by atoms with E-state index in [9.17, 15) is 4.79 Å². The summed E-state index contributed by atoms with van der Waals surface area (Å²) in [5.74, 6) is 1.17. The van der Waals surface area contributed by atoms with Crippen LogP contribution in [0.1, 0.15) is 16.9 Å². The number of furan rings is 1. The lowest BCUT2D eigenvalue weighted by molar-refractivity contribution is 0.0778. The van der Waals surface area contributed by atoms with Crippen molar-refractivity contribution < 1.29 is 9.21 Å². The van der Waals surface area contributed by atoms with Gasteiger partial charge in [-0.25, -0.2) is 4.68 Å². The monoisotopic (exact) mass is 350 g/mol. The second-order valence-electron chi connectivity index (χ2n) is 6.60. The molecule has 3 aromatic rings. The number of benzene rings is 1. The molecule has 2 aromatic heterocycles. The van der Waals surface area contributed by atoms with Gasteiger partial charge < -0.3 is 14.6 Å². The molecule has 26 heavy (non-hydrogen) atoms. The van der Waals surface area contributed by atoms with Gasteiger partial charge in [0.1, 0.15) is 11.4 Å². The number of carbonyl (C=O) groups is 1. The van der Waals surface area contributed by atoms with Crippen molar-refractivity contribution in [3.05, 3.63) is 60.5 Å². The van der Waals surface area contributed by atoms with Gasteiger partial charge in [-0.3, -0.25) is 4.79 Å². The van der Waals surface area contributed by atoms with Crippen LogP contribution in [0.4, 0.5) is 0 Å². The standard InChI is InChI=1S/C20H22N4O2/c1-21-13-15-9-10-23(14-15)20(25)18-12-17(19-8-5-11-26-19)22-24(18)16-6-3-2-4-7-16/h2-8,11-12,15,21H,9-10,13-14H2,1H3. The Morgan fingerprint density at radius 1 is 1.27 bits per heavy atom. The van der Waals surface area contributed by atoms with Crippen LogP contribution in [0.15, 0.2) is 59.2 Å². The van der Waals surface area contributed by atoms with Gasteiger partial charge in [-0.1, -0.05) is 18.2 Å². The molecule has 4 rings (SSSR count). The molecule has 6 heteroatoms. The molecule has 1 N–H and O–H groups in total. The normalized spacial score (nSPS) is 17.0. The average Bonchev–Trinajstić information content (AvgIpc) is 3.42. The van der Waals surface area contributed by atoms with Crippen LogP contribution in [0.5, 0.6) is 0 Å². The van der Waals surface area contributed by atoms with Gasteiger partial charge in [-0.05, 0) is 50.2 Å². The lowest BCUT2D eigenvalue weighted by Crippen LogP contribution is -2.31. The number of amides is 1. The first-order valence-corrected chi connectivity index (χ1v) is 8.89. The maximum absolute atomic E-state index is 13.2. The number of hydrogen-bond donors (Lipinski definition) is 1. The summed E-state index contributed by atoms with van der Waals surface area (Å²) in [4.78, 5) is 15.1. The molecule has 0 bridgehead atoms. The molecule has 0 spiro atoms. The quantitative estimate of drug-likeness (QED) is 0.769. The summed E-state index contributed by atoms with van der Waals surface area (Å²) in [5.41, 5.74) is 2.08. The lowest BCUT2D eigenvalue weighted by Gasteiger charge is -2.17. The average molecular weight is 350 g/mol. The van der Waals surface area contributed by atoms with Crippen molar-refractivity contribution in [3.8, 4) is 17.1 Å². The third-order valence-electron chi connectivity index (χ3n) is 4.77. The third-order valence-corrected chi connectivity index (χ3v) is 4.77. The molecule has 1 amide bonds. The van der Waals surface area contributed by atoms with Crippen molar-refractivity contribution in [1.29, 1.82) is 0 Å². The molecule has 3 heterocycles. The zero-order valence-corrected chi connectivity index (χ0v) is 14.8. The molecular formula is C20H22N4O2. The molecule has 6 nitrogen and oxygen atoms in total. The van der Waals surface area contributed by atoms with Gasteiger partial charge in [0.15, 0.2) is 5.76 Å². The number of nitrogens with zero attached hydrogens (tertiary/aromatic N) is 3. The maximum Gasteiger partial charge on any atom is 0.272 e. The summed E-state index contributed by atoms with van der Waals surface area (Å²) in [6.07, 6.45) is 2.64. The van der Waals surface area contributed by atoms with Crippen LogP contribution in [0.3, 0.4) is 0 Å².